The Bertz CT molecular complexity index is 766. The number of amides is 2. The summed E-state index contributed by atoms with van der Waals surface area (Å²) in [6.45, 7) is 2.34. The Balaban J connectivity index is 1.74. The zero-order valence-corrected chi connectivity index (χ0v) is 14.0. The summed E-state index contributed by atoms with van der Waals surface area (Å²) < 4.78 is 0. The Morgan fingerprint density at radius 3 is 2.70 bits per heavy atom. The average molecular weight is 347 g/mol. The number of nitrogens with zero attached hydrogens (tertiary/aromatic N) is 1. The first-order valence-electron chi connectivity index (χ1n) is 7.13. The molecule has 0 aliphatic carbocycles. The van der Waals surface area contributed by atoms with Crippen LogP contribution in [0.2, 0.25) is 5.02 Å². The normalized spacial score (nSPS) is 17.5. The van der Waals surface area contributed by atoms with E-state index in [0.29, 0.717) is 11.6 Å². The molecule has 2 aromatic carbocycles. The van der Waals surface area contributed by atoms with Crippen LogP contribution in [0.15, 0.2) is 53.4 Å². The number of hydrogen-bond donors (Lipinski definition) is 1. The van der Waals surface area contributed by atoms with Gasteiger partial charge in [0.05, 0.1) is 11.6 Å². The molecule has 0 saturated carbocycles. The lowest BCUT2D eigenvalue weighted by molar-refractivity contribution is -0.130. The number of thioether (sulfide) groups is 1. The summed E-state index contributed by atoms with van der Waals surface area (Å²) in [5.74, 6) is -0.561. The van der Waals surface area contributed by atoms with Crippen LogP contribution in [-0.2, 0) is 16.1 Å². The number of benzene rings is 2. The largest absolute Gasteiger partial charge is 0.271 e. The van der Waals surface area contributed by atoms with Gasteiger partial charge in [-0.25, -0.2) is 5.01 Å². The number of nitrogens with one attached hydrogen (secondary N) is 1. The summed E-state index contributed by atoms with van der Waals surface area (Å²) in [5.41, 5.74) is 4.73. The fourth-order valence-electron chi connectivity index (χ4n) is 2.38. The zero-order chi connectivity index (χ0) is 16.4. The lowest BCUT2D eigenvalue weighted by atomic mass is 10.1. The van der Waals surface area contributed by atoms with Crippen molar-refractivity contribution in [2.45, 2.75) is 23.6 Å². The first-order valence-corrected chi connectivity index (χ1v) is 8.39. The highest BCUT2D eigenvalue weighted by molar-refractivity contribution is 8.01. The highest BCUT2D eigenvalue weighted by Crippen LogP contribution is 2.32. The summed E-state index contributed by atoms with van der Waals surface area (Å²) in [4.78, 5) is 25.4. The van der Waals surface area contributed by atoms with Gasteiger partial charge in [-0.2, -0.15) is 0 Å². The molecule has 23 heavy (non-hydrogen) atoms. The molecule has 1 atom stereocenters. The van der Waals surface area contributed by atoms with E-state index >= 15 is 0 Å². The standard InChI is InChI=1S/C17H15ClN2O2S/c1-11-5-4-6-12(9-11)10-20-17(22)15(16(21)19-20)23-14-8-3-2-7-13(14)18/h2-9,15H,10H2,1H3,(H,19,21). The Hall–Kier alpha value is -1.98. The fraction of sp³-hybridized carbons (Fsp3) is 0.176. The molecule has 1 N–H and O–H groups in total. The van der Waals surface area contributed by atoms with Crippen LogP contribution in [0.25, 0.3) is 0 Å². The van der Waals surface area contributed by atoms with E-state index < -0.39 is 5.25 Å². The van der Waals surface area contributed by atoms with Crippen LogP contribution in [0, 0.1) is 6.92 Å². The van der Waals surface area contributed by atoms with E-state index in [4.69, 9.17) is 11.6 Å². The summed E-state index contributed by atoms with van der Waals surface area (Å²) in [6, 6.07) is 15.0. The molecule has 1 aliphatic heterocycles. The molecule has 118 valence electrons. The van der Waals surface area contributed by atoms with Crippen molar-refractivity contribution in [2.75, 3.05) is 0 Å². The van der Waals surface area contributed by atoms with Crippen LogP contribution in [-0.4, -0.2) is 22.1 Å². The van der Waals surface area contributed by atoms with Gasteiger partial charge in [0.2, 0.25) is 0 Å². The van der Waals surface area contributed by atoms with Crippen molar-refractivity contribution >= 4 is 35.2 Å². The smallest absolute Gasteiger partial charge is 0.264 e. The maximum Gasteiger partial charge on any atom is 0.264 e. The maximum absolute atomic E-state index is 12.5. The van der Waals surface area contributed by atoms with Gasteiger partial charge in [0.15, 0.2) is 5.25 Å². The Morgan fingerprint density at radius 1 is 1.17 bits per heavy atom. The number of rotatable bonds is 4. The van der Waals surface area contributed by atoms with E-state index in [9.17, 15) is 9.59 Å². The van der Waals surface area contributed by atoms with Crippen LogP contribution in [0.4, 0.5) is 0 Å². The predicted molar refractivity (Wildman–Crippen MR) is 91.0 cm³/mol. The molecular formula is C17H15ClN2O2S. The van der Waals surface area contributed by atoms with Gasteiger partial charge >= 0.3 is 0 Å². The minimum absolute atomic E-state index is 0.249. The van der Waals surface area contributed by atoms with Crippen LogP contribution < -0.4 is 5.43 Å². The number of hydrazine groups is 1. The summed E-state index contributed by atoms with van der Waals surface area (Å²) >= 11 is 7.28. The van der Waals surface area contributed by atoms with Crippen LogP contribution in [0.3, 0.4) is 0 Å². The molecule has 0 radical (unpaired) electrons. The van der Waals surface area contributed by atoms with E-state index in [1.165, 1.54) is 16.8 Å². The van der Waals surface area contributed by atoms with Gasteiger partial charge in [-0.05, 0) is 24.6 Å². The molecule has 0 bridgehead atoms. The van der Waals surface area contributed by atoms with Gasteiger partial charge in [-0.1, -0.05) is 53.6 Å². The number of aryl methyl sites for hydroxylation is 1. The Morgan fingerprint density at radius 2 is 1.96 bits per heavy atom. The van der Waals surface area contributed by atoms with Crippen LogP contribution in [0.5, 0.6) is 0 Å². The third-order valence-corrected chi connectivity index (χ3v) is 5.18. The topological polar surface area (TPSA) is 49.4 Å². The third kappa shape index (κ3) is 3.51. The maximum atomic E-state index is 12.5. The minimum Gasteiger partial charge on any atom is -0.271 e. The number of carbonyl (C=O) groups excluding carboxylic acids is 2. The molecule has 0 spiro atoms. The molecule has 1 unspecified atom stereocenters. The molecule has 3 rings (SSSR count). The second-order valence-electron chi connectivity index (χ2n) is 5.32. The lowest BCUT2D eigenvalue weighted by Gasteiger charge is -2.15. The number of carbonyl (C=O) groups is 2. The molecule has 0 aromatic heterocycles. The van der Waals surface area contributed by atoms with E-state index in [-0.39, 0.29) is 11.8 Å². The number of halogens is 1. The predicted octanol–water partition coefficient (Wildman–Crippen LogP) is 3.18. The summed E-state index contributed by atoms with van der Waals surface area (Å²) in [6.07, 6.45) is 0. The Labute approximate surface area is 143 Å². The van der Waals surface area contributed by atoms with E-state index in [1.807, 2.05) is 43.3 Å². The molecule has 1 saturated heterocycles. The second kappa shape index (κ2) is 6.64. The molecule has 6 heteroatoms. The van der Waals surface area contributed by atoms with Crippen molar-refractivity contribution < 1.29 is 9.59 Å². The summed E-state index contributed by atoms with van der Waals surface area (Å²) in [7, 11) is 0. The molecule has 1 heterocycles. The molecule has 1 aliphatic rings. The minimum atomic E-state index is -0.806. The third-order valence-electron chi connectivity index (χ3n) is 3.48. The first-order chi connectivity index (χ1) is 11.0. The van der Waals surface area contributed by atoms with Crippen molar-refractivity contribution in [2.24, 2.45) is 0 Å². The van der Waals surface area contributed by atoms with E-state index in [2.05, 4.69) is 5.43 Å². The van der Waals surface area contributed by atoms with E-state index in [1.54, 1.807) is 12.1 Å². The van der Waals surface area contributed by atoms with Gasteiger partial charge < -0.3 is 0 Å². The van der Waals surface area contributed by atoms with Crippen LogP contribution >= 0.6 is 23.4 Å². The highest BCUT2D eigenvalue weighted by Gasteiger charge is 2.40. The lowest BCUT2D eigenvalue weighted by Crippen LogP contribution is -2.35. The SMILES string of the molecule is Cc1cccc(CN2NC(=O)C(Sc3ccccc3Cl)C2=O)c1. The molecule has 1 fully saturated rings. The Kier molecular flexibility index (Phi) is 4.59. The monoisotopic (exact) mass is 346 g/mol. The van der Waals surface area contributed by atoms with Crippen molar-refractivity contribution in [1.82, 2.24) is 10.4 Å². The van der Waals surface area contributed by atoms with Crippen molar-refractivity contribution in [3.05, 3.63) is 64.7 Å². The summed E-state index contributed by atoms with van der Waals surface area (Å²) in [5, 5.41) is 1.10. The van der Waals surface area contributed by atoms with Crippen molar-refractivity contribution in [3.8, 4) is 0 Å². The van der Waals surface area contributed by atoms with Crippen molar-refractivity contribution in [3.63, 3.8) is 0 Å². The van der Waals surface area contributed by atoms with Gasteiger partial charge in [0.1, 0.15) is 0 Å². The van der Waals surface area contributed by atoms with Gasteiger partial charge in [-0.15, -0.1) is 11.8 Å². The average Bonchev–Trinajstić information content (AvgIpc) is 2.77. The van der Waals surface area contributed by atoms with Gasteiger partial charge in [-0.3, -0.25) is 15.0 Å². The first kappa shape index (κ1) is 15.9. The highest BCUT2D eigenvalue weighted by atomic mass is 35.5. The van der Waals surface area contributed by atoms with Gasteiger partial charge in [0, 0.05) is 4.90 Å². The molecular weight excluding hydrogens is 332 g/mol. The molecule has 2 aromatic rings. The quantitative estimate of drug-likeness (QED) is 0.865. The van der Waals surface area contributed by atoms with Gasteiger partial charge in [0.25, 0.3) is 11.8 Å². The fourth-order valence-corrected chi connectivity index (χ4v) is 3.63. The molecule has 4 nitrogen and oxygen atoms in total. The second-order valence-corrected chi connectivity index (χ2v) is 6.87. The van der Waals surface area contributed by atoms with Crippen molar-refractivity contribution in [1.29, 1.82) is 0 Å². The number of hydrogen-bond acceptors (Lipinski definition) is 3. The zero-order valence-electron chi connectivity index (χ0n) is 12.5. The van der Waals surface area contributed by atoms with E-state index in [0.717, 1.165) is 16.0 Å². The van der Waals surface area contributed by atoms with Crippen LogP contribution in [0.1, 0.15) is 11.1 Å². The molecule has 2 amide bonds.